The number of thiocarbonyl (C=S) groups is 2. The lowest BCUT2D eigenvalue weighted by atomic mass is 10.0. The van der Waals surface area contributed by atoms with Crippen LogP contribution in [0.5, 0.6) is 0 Å². The molecular formula is C18H20N4OS2. The Hall–Kier alpha value is -2.38. The highest BCUT2D eigenvalue weighted by Gasteiger charge is 2.16. The van der Waals surface area contributed by atoms with E-state index in [1.165, 1.54) is 0 Å². The molecular weight excluding hydrogens is 352 g/mol. The first kappa shape index (κ1) is 17.4. The first-order valence-corrected chi connectivity index (χ1v) is 8.70. The van der Waals surface area contributed by atoms with Crippen molar-refractivity contribution in [1.29, 1.82) is 0 Å². The lowest BCUT2D eigenvalue weighted by Crippen LogP contribution is -2.28. The van der Waals surface area contributed by atoms with Crippen LogP contribution in [0.2, 0.25) is 0 Å². The van der Waals surface area contributed by atoms with Crippen LogP contribution in [-0.2, 0) is 13.1 Å². The van der Waals surface area contributed by atoms with Gasteiger partial charge in [-0.2, -0.15) is 0 Å². The molecule has 1 aromatic heterocycles. The highest BCUT2D eigenvalue weighted by atomic mass is 32.1. The number of hydrogen-bond acceptors (Lipinski definition) is 3. The van der Waals surface area contributed by atoms with Gasteiger partial charge < -0.3 is 26.5 Å². The van der Waals surface area contributed by atoms with Crippen LogP contribution in [0.15, 0.2) is 28.7 Å². The van der Waals surface area contributed by atoms with E-state index in [9.17, 15) is 0 Å². The summed E-state index contributed by atoms with van der Waals surface area (Å²) in [5.41, 5.74) is 17.2. The Morgan fingerprint density at radius 2 is 1.24 bits per heavy atom. The van der Waals surface area contributed by atoms with Gasteiger partial charge in [0.2, 0.25) is 0 Å². The number of hydrogen-bond donors (Lipinski definition) is 4. The van der Waals surface area contributed by atoms with Crippen LogP contribution >= 0.6 is 24.4 Å². The Morgan fingerprint density at radius 1 is 0.840 bits per heavy atom. The van der Waals surface area contributed by atoms with E-state index < -0.39 is 0 Å². The van der Waals surface area contributed by atoms with E-state index in [0.29, 0.717) is 13.1 Å². The second-order valence-electron chi connectivity index (χ2n) is 6.01. The zero-order valence-electron chi connectivity index (χ0n) is 14.1. The molecule has 1 heterocycles. The molecule has 0 unspecified atom stereocenters. The summed E-state index contributed by atoms with van der Waals surface area (Å²) in [5, 5.41) is 8.69. The van der Waals surface area contributed by atoms with Crippen molar-refractivity contribution in [3.05, 3.63) is 46.5 Å². The van der Waals surface area contributed by atoms with Crippen molar-refractivity contribution in [2.24, 2.45) is 11.5 Å². The second-order valence-corrected chi connectivity index (χ2v) is 6.89. The molecule has 0 aliphatic rings. The van der Waals surface area contributed by atoms with Crippen LogP contribution in [-0.4, -0.2) is 10.2 Å². The highest BCUT2D eigenvalue weighted by molar-refractivity contribution is 7.80. The van der Waals surface area contributed by atoms with E-state index >= 15 is 0 Å². The third-order valence-corrected chi connectivity index (χ3v) is 4.65. The summed E-state index contributed by atoms with van der Waals surface area (Å²) >= 11 is 9.85. The molecule has 0 bridgehead atoms. The van der Waals surface area contributed by atoms with E-state index in [4.69, 9.17) is 40.3 Å². The monoisotopic (exact) mass is 372 g/mol. The molecule has 3 rings (SSSR count). The fraction of sp³-hybridized carbons (Fsp3) is 0.222. The first-order chi connectivity index (χ1) is 11.9. The van der Waals surface area contributed by atoms with Gasteiger partial charge in [-0.05, 0) is 49.4 Å². The van der Waals surface area contributed by atoms with Gasteiger partial charge in [-0.1, -0.05) is 24.3 Å². The standard InChI is InChI=1S/C18H20N4OS2/c1-9-3-5-11-12-6-4-10(2)14(8-22-18(20)25)16(12)23-15(11)13(9)7-21-17(19)24/h3-6H,7-8H2,1-2H3,(H3,19,21,24)(H3,20,22,25). The molecule has 0 aliphatic heterocycles. The number of aryl methyl sites for hydroxylation is 2. The lowest BCUT2D eigenvalue weighted by molar-refractivity contribution is 0.651. The molecule has 0 spiro atoms. The van der Waals surface area contributed by atoms with Crippen molar-refractivity contribution in [1.82, 2.24) is 10.6 Å². The van der Waals surface area contributed by atoms with Crippen LogP contribution in [0, 0.1) is 13.8 Å². The molecule has 0 atom stereocenters. The van der Waals surface area contributed by atoms with Gasteiger partial charge >= 0.3 is 0 Å². The second kappa shape index (κ2) is 6.85. The third kappa shape index (κ3) is 3.38. The number of nitrogens with two attached hydrogens (primary N) is 2. The maximum atomic E-state index is 6.29. The molecule has 6 N–H and O–H groups in total. The molecule has 3 aromatic rings. The largest absolute Gasteiger partial charge is 0.455 e. The minimum atomic E-state index is 0.268. The zero-order chi connectivity index (χ0) is 18.1. The lowest BCUT2D eigenvalue weighted by Gasteiger charge is -2.08. The minimum absolute atomic E-state index is 0.268. The Morgan fingerprint density at radius 3 is 1.60 bits per heavy atom. The summed E-state index contributed by atoms with van der Waals surface area (Å²) in [6.45, 7) is 5.14. The summed E-state index contributed by atoms with van der Waals surface area (Å²) < 4.78 is 6.29. The van der Waals surface area contributed by atoms with Crippen molar-refractivity contribution >= 4 is 56.6 Å². The predicted molar refractivity (Wildman–Crippen MR) is 110 cm³/mol. The SMILES string of the molecule is Cc1ccc2c(oc3c(CNC(N)=S)c(C)ccc32)c1CNC(N)=S. The molecule has 7 heteroatoms. The summed E-state index contributed by atoms with van der Waals surface area (Å²) in [4.78, 5) is 0. The zero-order valence-corrected chi connectivity index (χ0v) is 15.7. The van der Waals surface area contributed by atoms with Gasteiger partial charge in [0.25, 0.3) is 0 Å². The molecule has 2 aromatic carbocycles. The van der Waals surface area contributed by atoms with E-state index in [2.05, 4.69) is 34.9 Å². The van der Waals surface area contributed by atoms with E-state index in [-0.39, 0.29) is 10.2 Å². The molecule has 0 amide bonds. The number of furan rings is 1. The summed E-state index contributed by atoms with van der Waals surface area (Å²) in [6.07, 6.45) is 0. The van der Waals surface area contributed by atoms with Crippen LogP contribution in [0.1, 0.15) is 22.3 Å². The van der Waals surface area contributed by atoms with Crippen LogP contribution in [0.3, 0.4) is 0 Å². The quantitative estimate of drug-likeness (QED) is 0.524. The highest BCUT2D eigenvalue weighted by Crippen LogP contribution is 2.35. The van der Waals surface area contributed by atoms with Crippen molar-refractivity contribution in [2.75, 3.05) is 0 Å². The number of rotatable bonds is 4. The number of nitrogens with one attached hydrogen (secondary N) is 2. The van der Waals surface area contributed by atoms with Crippen LogP contribution in [0.4, 0.5) is 0 Å². The van der Waals surface area contributed by atoms with Gasteiger partial charge in [0.05, 0.1) is 0 Å². The molecule has 0 aliphatic carbocycles. The Labute approximate surface area is 156 Å². The molecule has 0 fully saturated rings. The smallest absolute Gasteiger partial charge is 0.163 e. The van der Waals surface area contributed by atoms with Gasteiger partial charge in [0.15, 0.2) is 10.2 Å². The van der Waals surface area contributed by atoms with Crippen molar-refractivity contribution < 1.29 is 4.42 Å². The predicted octanol–water partition coefficient (Wildman–Crippen LogP) is 2.87. The topological polar surface area (TPSA) is 89.2 Å². The molecule has 0 saturated carbocycles. The fourth-order valence-corrected chi connectivity index (χ4v) is 3.15. The normalized spacial score (nSPS) is 11.0. The Balaban J connectivity index is 2.20. The number of benzene rings is 2. The summed E-state index contributed by atoms with van der Waals surface area (Å²) in [7, 11) is 0. The third-order valence-electron chi connectivity index (χ3n) is 4.36. The van der Waals surface area contributed by atoms with Crippen molar-refractivity contribution in [3.8, 4) is 0 Å². The Kier molecular flexibility index (Phi) is 4.78. The van der Waals surface area contributed by atoms with Crippen LogP contribution in [0.25, 0.3) is 21.9 Å². The maximum Gasteiger partial charge on any atom is 0.163 e. The fourth-order valence-electron chi connectivity index (χ4n) is 3.00. The van der Waals surface area contributed by atoms with Gasteiger partial charge in [0.1, 0.15) is 11.2 Å². The average Bonchev–Trinajstić information content (AvgIpc) is 2.91. The van der Waals surface area contributed by atoms with E-state index in [1.54, 1.807) is 0 Å². The molecule has 25 heavy (non-hydrogen) atoms. The summed E-state index contributed by atoms with van der Waals surface area (Å²) in [6, 6.07) is 8.34. The van der Waals surface area contributed by atoms with Crippen LogP contribution < -0.4 is 22.1 Å². The van der Waals surface area contributed by atoms with E-state index in [1.807, 2.05) is 13.8 Å². The average molecular weight is 373 g/mol. The molecule has 0 saturated heterocycles. The molecule has 5 nitrogen and oxygen atoms in total. The van der Waals surface area contributed by atoms with Gasteiger partial charge in [0, 0.05) is 35.0 Å². The maximum absolute atomic E-state index is 6.29. The van der Waals surface area contributed by atoms with Gasteiger partial charge in [-0.25, -0.2) is 0 Å². The number of fused-ring (bicyclic) bond motifs is 3. The molecule has 130 valence electrons. The first-order valence-electron chi connectivity index (χ1n) is 7.88. The summed E-state index contributed by atoms with van der Waals surface area (Å²) in [5.74, 6) is 0. The van der Waals surface area contributed by atoms with Crippen molar-refractivity contribution in [2.45, 2.75) is 26.9 Å². The van der Waals surface area contributed by atoms with E-state index in [0.717, 1.165) is 44.2 Å². The van der Waals surface area contributed by atoms with Crippen molar-refractivity contribution in [3.63, 3.8) is 0 Å². The minimum Gasteiger partial charge on any atom is -0.455 e. The Bertz CT molecular complexity index is 916. The van der Waals surface area contributed by atoms with Gasteiger partial charge in [-0.3, -0.25) is 0 Å². The van der Waals surface area contributed by atoms with Gasteiger partial charge in [-0.15, -0.1) is 0 Å². The molecule has 0 radical (unpaired) electrons.